The van der Waals surface area contributed by atoms with E-state index in [1.54, 1.807) is 12.5 Å². The van der Waals surface area contributed by atoms with Crippen LogP contribution in [0.25, 0.3) is 0 Å². The number of hydrogen-bond acceptors (Lipinski definition) is 5. The summed E-state index contributed by atoms with van der Waals surface area (Å²) in [6.45, 7) is 0.159. The molecule has 1 aromatic rings. The molecule has 0 bridgehead atoms. The molecule has 7 heteroatoms. The Balaban J connectivity index is 2.03. The van der Waals surface area contributed by atoms with Crippen molar-refractivity contribution in [2.24, 2.45) is 0 Å². The van der Waals surface area contributed by atoms with Gasteiger partial charge in [-0.15, -0.1) is 11.3 Å². The molecule has 1 fully saturated rings. The van der Waals surface area contributed by atoms with E-state index in [1.807, 2.05) is 0 Å². The van der Waals surface area contributed by atoms with Gasteiger partial charge in [0.05, 0.1) is 12.2 Å². The minimum Gasteiger partial charge on any atom is -0.392 e. The van der Waals surface area contributed by atoms with Crippen LogP contribution in [-0.4, -0.2) is 32.8 Å². The molecule has 1 aliphatic carbocycles. The predicted octanol–water partition coefficient (Wildman–Crippen LogP) is 1.09. The molecule has 0 spiro atoms. The number of aliphatic hydroxyl groups is 1. The fourth-order valence-corrected chi connectivity index (χ4v) is 4.26. The van der Waals surface area contributed by atoms with Crippen molar-refractivity contribution in [2.45, 2.75) is 35.7 Å². The Hall–Kier alpha value is -0.470. The Kier molecular flexibility index (Phi) is 4.08. The lowest BCUT2D eigenvalue weighted by Crippen LogP contribution is -2.49. The third kappa shape index (κ3) is 2.75. The van der Waals surface area contributed by atoms with E-state index in [0.717, 1.165) is 30.6 Å². The zero-order valence-electron chi connectivity index (χ0n) is 10.2. The van der Waals surface area contributed by atoms with Crippen LogP contribution in [0.1, 0.15) is 24.8 Å². The number of nitrogens with one attached hydrogen (secondary N) is 1. The molecule has 0 radical (unpaired) electrons. The first-order chi connectivity index (χ1) is 8.51. The second kappa shape index (κ2) is 5.26. The number of rotatable bonds is 6. The first-order valence-corrected chi connectivity index (χ1v) is 8.11. The van der Waals surface area contributed by atoms with Gasteiger partial charge in [-0.05, 0) is 36.3 Å². The third-order valence-electron chi connectivity index (χ3n) is 3.36. The van der Waals surface area contributed by atoms with Crippen molar-refractivity contribution in [2.75, 3.05) is 13.7 Å². The van der Waals surface area contributed by atoms with Gasteiger partial charge in [0.15, 0.2) is 0 Å². The van der Waals surface area contributed by atoms with E-state index in [-0.39, 0.29) is 16.4 Å². The van der Waals surface area contributed by atoms with Gasteiger partial charge in [-0.1, -0.05) is 0 Å². The maximum Gasteiger partial charge on any atom is 0.250 e. The van der Waals surface area contributed by atoms with E-state index in [2.05, 4.69) is 4.72 Å². The molecule has 1 saturated carbocycles. The van der Waals surface area contributed by atoms with E-state index in [4.69, 9.17) is 9.84 Å². The molecular weight excluding hydrogens is 274 g/mol. The third-order valence-corrected chi connectivity index (χ3v) is 6.25. The summed E-state index contributed by atoms with van der Waals surface area (Å²) in [5.41, 5.74) is 0.287. The average Bonchev–Trinajstić information content (AvgIpc) is 2.77. The molecule has 0 saturated heterocycles. The lowest BCUT2D eigenvalue weighted by molar-refractivity contribution is -0.0659. The molecule has 5 nitrogen and oxygen atoms in total. The first-order valence-electron chi connectivity index (χ1n) is 5.74. The van der Waals surface area contributed by atoms with E-state index < -0.39 is 10.0 Å². The molecule has 1 aromatic heterocycles. The summed E-state index contributed by atoms with van der Waals surface area (Å²) in [5.74, 6) is 0. The second-order valence-electron chi connectivity index (χ2n) is 4.50. The normalized spacial score (nSPS) is 18.6. The molecule has 2 rings (SSSR count). The summed E-state index contributed by atoms with van der Waals surface area (Å²) in [5, 5.41) is 10.6. The number of aliphatic hydroxyl groups excluding tert-OH is 1. The highest BCUT2D eigenvalue weighted by atomic mass is 32.2. The van der Waals surface area contributed by atoms with Crippen LogP contribution in [0.3, 0.4) is 0 Å². The van der Waals surface area contributed by atoms with Crippen LogP contribution in [0.4, 0.5) is 0 Å². The van der Waals surface area contributed by atoms with Crippen molar-refractivity contribution < 1.29 is 18.3 Å². The van der Waals surface area contributed by atoms with Crippen molar-refractivity contribution in [3.63, 3.8) is 0 Å². The smallest absolute Gasteiger partial charge is 0.250 e. The molecule has 0 atom stereocenters. The minimum absolute atomic E-state index is 0.145. The molecule has 0 aliphatic heterocycles. The molecular formula is C11H17NO4S2. The highest BCUT2D eigenvalue weighted by molar-refractivity contribution is 7.91. The molecule has 1 heterocycles. The van der Waals surface area contributed by atoms with Crippen LogP contribution >= 0.6 is 11.3 Å². The van der Waals surface area contributed by atoms with Crippen molar-refractivity contribution in [1.82, 2.24) is 4.72 Å². The Labute approximate surface area is 111 Å². The lowest BCUT2D eigenvalue weighted by atomic mass is 9.80. The highest BCUT2D eigenvalue weighted by Gasteiger charge is 2.38. The van der Waals surface area contributed by atoms with Crippen LogP contribution in [0.5, 0.6) is 0 Å². The number of thiophene rings is 1. The topological polar surface area (TPSA) is 75.6 Å². The highest BCUT2D eigenvalue weighted by Crippen LogP contribution is 2.34. The van der Waals surface area contributed by atoms with E-state index >= 15 is 0 Å². The molecule has 1 aliphatic rings. The maximum atomic E-state index is 12.0. The van der Waals surface area contributed by atoms with Gasteiger partial charge in [0.1, 0.15) is 4.21 Å². The van der Waals surface area contributed by atoms with Crippen LogP contribution in [0.2, 0.25) is 0 Å². The number of ether oxygens (including phenoxy) is 1. The molecule has 2 N–H and O–H groups in total. The quantitative estimate of drug-likeness (QED) is 0.822. The largest absolute Gasteiger partial charge is 0.392 e. The second-order valence-corrected chi connectivity index (χ2v) is 7.40. The van der Waals surface area contributed by atoms with Crippen LogP contribution in [0, 0.1) is 0 Å². The molecule has 0 aromatic carbocycles. The summed E-state index contributed by atoms with van der Waals surface area (Å²) in [7, 11) is -1.88. The van der Waals surface area contributed by atoms with Crippen LogP contribution < -0.4 is 4.72 Å². The Morgan fingerprint density at radius 3 is 2.72 bits per heavy atom. The van der Waals surface area contributed by atoms with E-state index in [9.17, 15) is 8.42 Å². The van der Waals surface area contributed by atoms with Crippen LogP contribution in [0.15, 0.2) is 15.7 Å². The van der Waals surface area contributed by atoms with Gasteiger partial charge in [-0.25, -0.2) is 13.1 Å². The number of hydrogen-bond donors (Lipinski definition) is 2. The van der Waals surface area contributed by atoms with Gasteiger partial charge < -0.3 is 9.84 Å². The first kappa shape index (κ1) is 14.0. The van der Waals surface area contributed by atoms with Gasteiger partial charge >= 0.3 is 0 Å². The molecule has 102 valence electrons. The summed E-state index contributed by atoms with van der Waals surface area (Å²) in [6, 6.07) is 1.49. The number of sulfonamides is 1. The van der Waals surface area contributed by atoms with Gasteiger partial charge in [-0.3, -0.25) is 0 Å². The Morgan fingerprint density at radius 2 is 2.28 bits per heavy atom. The monoisotopic (exact) mass is 291 g/mol. The minimum atomic E-state index is -3.49. The predicted molar refractivity (Wildman–Crippen MR) is 69.0 cm³/mol. The average molecular weight is 291 g/mol. The fraction of sp³-hybridized carbons (Fsp3) is 0.636. The summed E-state index contributed by atoms with van der Waals surface area (Å²) < 4.78 is 32.2. The van der Waals surface area contributed by atoms with Crippen molar-refractivity contribution >= 4 is 21.4 Å². The summed E-state index contributed by atoms with van der Waals surface area (Å²) >= 11 is 1.11. The summed E-state index contributed by atoms with van der Waals surface area (Å²) in [4.78, 5) is 0. The molecule has 18 heavy (non-hydrogen) atoms. The fourth-order valence-electron chi connectivity index (χ4n) is 1.90. The van der Waals surface area contributed by atoms with Crippen molar-refractivity contribution in [3.05, 3.63) is 17.0 Å². The SMILES string of the molecule is COC1(CNS(=O)(=O)c2cc(CO)cs2)CCC1. The van der Waals surface area contributed by atoms with Crippen LogP contribution in [-0.2, 0) is 21.4 Å². The van der Waals surface area contributed by atoms with E-state index in [1.165, 1.54) is 6.07 Å². The number of methoxy groups -OCH3 is 1. The van der Waals surface area contributed by atoms with Crippen molar-refractivity contribution in [3.8, 4) is 0 Å². The van der Waals surface area contributed by atoms with Gasteiger partial charge in [0.2, 0.25) is 10.0 Å². The lowest BCUT2D eigenvalue weighted by Gasteiger charge is -2.40. The standard InChI is InChI=1S/C11H17NO4S2/c1-16-11(3-2-4-11)8-12-18(14,15)10-5-9(6-13)7-17-10/h5,7,12-13H,2-4,6,8H2,1H3. The summed E-state index contributed by atoms with van der Waals surface area (Å²) in [6.07, 6.45) is 2.85. The maximum absolute atomic E-state index is 12.0. The van der Waals surface area contributed by atoms with Gasteiger partial charge in [0, 0.05) is 13.7 Å². The Morgan fingerprint density at radius 1 is 1.56 bits per heavy atom. The van der Waals surface area contributed by atoms with Gasteiger partial charge in [0.25, 0.3) is 0 Å². The molecule has 0 amide bonds. The zero-order chi connectivity index (χ0) is 13.2. The zero-order valence-corrected chi connectivity index (χ0v) is 11.8. The van der Waals surface area contributed by atoms with Gasteiger partial charge in [-0.2, -0.15) is 0 Å². The van der Waals surface area contributed by atoms with E-state index in [0.29, 0.717) is 12.1 Å². The molecule has 0 unspecified atom stereocenters. The van der Waals surface area contributed by atoms with Crippen molar-refractivity contribution in [1.29, 1.82) is 0 Å². The Bertz CT molecular complexity index is 499.